The lowest BCUT2D eigenvalue weighted by Crippen LogP contribution is -2.48. The number of benzene rings is 1. The van der Waals surface area contributed by atoms with Crippen LogP contribution in [-0.2, 0) is 22.2 Å². The minimum absolute atomic E-state index is 0.470. The fraction of sp³-hybridized carbons (Fsp3) is 0.353. The van der Waals surface area contributed by atoms with Gasteiger partial charge in [-0.05, 0) is 12.1 Å². The van der Waals surface area contributed by atoms with Gasteiger partial charge in [-0.25, -0.2) is 4.98 Å². The van der Waals surface area contributed by atoms with Crippen LogP contribution in [0.3, 0.4) is 0 Å². The Morgan fingerprint density at radius 1 is 1.26 bits per heavy atom. The Bertz CT molecular complexity index is 807. The lowest BCUT2D eigenvalue weighted by Gasteiger charge is -2.30. The van der Waals surface area contributed by atoms with Crippen LogP contribution in [0.1, 0.15) is 12.2 Å². The van der Waals surface area contributed by atoms with Gasteiger partial charge in [-0.1, -0.05) is 18.2 Å². The lowest BCUT2D eigenvalue weighted by atomic mass is 9.97. The molecule has 0 bridgehead atoms. The largest absolute Gasteiger partial charge is 0.425 e. The number of aryl methyl sites for hydroxylation is 1. The summed E-state index contributed by atoms with van der Waals surface area (Å²) in [4.78, 5) is 28.6. The Morgan fingerprint density at radius 3 is 2.41 bits per heavy atom. The van der Waals surface area contributed by atoms with Crippen molar-refractivity contribution in [2.45, 2.75) is 18.2 Å². The van der Waals surface area contributed by atoms with Gasteiger partial charge in [0.2, 0.25) is 17.4 Å². The minimum atomic E-state index is -5.13. The SMILES string of the molecule is CN(CC(=O)Nc1ccccc1)C(=O)CC(O)(c1nccn1C)C(F)(F)F. The molecule has 0 saturated carbocycles. The van der Waals surface area contributed by atoms with Gasteiger partial charge in [0.25, 0.3) is 0 Å². The number of nitrogens with one attached hydrogen (secondary N) is 1. The van der Waals surface area contributed by atoms with E-state index in [-0.39, 0.29) is 0 Å². The first-order valence-electron chi connectivity index (χ1n) is 7.90. The predicted octanol–water partition coefficient (Wildman–Crippen LogP) is 1.66. The van der Waals surface area contributed by atoms with Crippen molar-refractivity contribution in [3.8, 4) is 0 Å². The van der Waals surface area contributed by atoms with E-state index >= 15 is 0 Å². The molecular formula is C17H19F3N4O3. The molecule has 2 aromatic rings. The van der Waals surface area contributed by atoms with Crippen molar-refractivity contribution < 1.29 is 27.9 Å². The maximum Gasteiger partial charge on any atom is 0.425 e. The van der Waals surface area contributed by atoms with Gasteiger partial charge in [0.1, 0.15) is 0 Å². The van der Waals surface area contributed by atoms with Crippen LogP contribution in [0.2, 0.25) is 0 Å². The Balaban J connectivity index is 2.09. The number of halogens is 3. The summed E-state index contributed by atoms with van der Waals surface area (Å²) in [6.45, 7) is -0.470. The molecule has 1 atom stereocenters. The zero-order valence-corrected chi connectivity index (χ0v) is 14.7. The Kier molecular flexibility index (Phi) is 5.89. The maximum atomic E-state index is 13.5. The average molecular weight is 384 g/mol. The smallest absolute Gasteiger partial charge is 0.374 e. The molecular weight excluding hydrogens is 365 g/mol. The van der Waals surface area contributed by atoms with E-state index in [0.29, 0.717) is 5.69 Å². The van der Waals surface area contributed by atoms with E-state index in [4.69, 9.17) is 0 Å². The summed E-state index contributed by atoms with van der Waals surface area (Å²) in [5.74, 6) is -2.34. The summed E-state index contributed by atoms with van der Waals surface area (Å²) >= 11 is 0. The fourth-order valence-corrected chi connectivity index (χ4v) is 2.45. The van der Waals surface area contributed by atoms with Gasteiger partial charge in [0.05, 0.1) is 13.0 Å². The van der Waals surface area contributed by atoms with Crippen molar-refractivity contribution in [3.05, 3.63) is 48.5 Å². The quantitative estimate of drug-likeness (QED) is 0.793. The number of alkyl halides is 3. The number of aliphatic hydroxyl groups is 1. The van der Waals surface area contributed by atoms with Crippen LogP contribution in [0, 0.1) is 0 Å². The van der Waals surface area contributed by atoms with Crippen LogP contribution < -0.4 is 5.32 Å². The third kappa shape index (κ3) is 4.64. The van der Waals surface area contributed by atoms with Crippen LogP contribution in [0.5, 0.6) is 0 Å². The van der Waals surface area contributed by atoms with Crippen LogP contribution in [0.25, 0.3) is 0 Å². The molecule has 0 radical (unpaired) electrons. The highest BCUT2D eigenvalue weighted by Crippen LogP contribution is 2.41. The number of carbonyl (C=O) groups excluding carboxylic acids is 2. The van der Waals surface area contributed by atoms with Crippen molar-refractivity contribution in [3.63, 3.8) is 0 Å². The molecule has 0 saturated heterocycles. The van der Waals surface area contributed by atoms with Gasteiger partial charge in [0.15, 0.2) is 5.82 Å². The van der Waals surface area contributed by atoms with Crippen molar-refractivity contribution in [2.75, 3.05) is 18.9 Å². The summed E-state index contributed by atoms with van der Waals surface area (Å²) in [5, 5.41) is 12.7. The second-order valence-corrected chi connectivity index (χ2v) is 6.06. The number of nitrogens with zero attached hydrogens (tertiary/aromatic N) is 3. The molecule has 7 nitrogen and oxygen atoms in total. The van der Waals surface area contributed by atoms with E-state index in [0.717, 1.165) is 15.7 Å². The summed E-state index contributed by atoms with van der Waals surface area (Å²) in [6.07, 6.45) is -4.10. The fourth-order valence-electron chi connectivity index (χ4n) is 2.45. The van der Waals surface area contributed by atoms with Crippen molar-refractivity contribution in [1.82, 2.24) is 14.5 Å². The van der Waals surface area contributed by atoms with Gasteiger partial charge >= 0.3 is 6.18 Å². The molecule has 1 aromatic heterocycles. The second kappa shape index (κ2) is 7.78. The zero-order valence-electron chi connectivity index (χ0n) is 14.7. The Hall–Kier alpha value is -2.88. The molecule has 0 aliphatic rings. The minimum Gasteiger partial charge on any atom is -0.374 e. The number of hydrogen-bond acceptors (Lipinski definition) is 4. The van der Waals surface area contributed by atoms with E-state index < -0.39 is 42.4 Å². The summed E-state index contributed by atoms with van der Waals surface area (Å²) in [7, 11) is 2.46. The molecule has 1 aromatic carbocycles. The average Bonchev–Trinajstić information content (AvgIpc) is 3.01. The van der Waals surface area contributed by atoms with E-state index in [9.17, 15) is 27.9 Å². The second-order valence-electron chi connectivity index (χ2n) is 6.06. The summed E-state index contributed by atoms with van der Waals surface area (Å²) < 4.78 is 41.4. The molecule has 2 amide bonds. The highest BCUT2D eigenvalue weighted by Gasteiger charge is 2.58. The highest BCUT2D eigenvalue weighted by molar-refractivity contribution is 5.94. The third-order valence-corrected chi connectivity index (χ3v) is 3.93. The first-order valence-corrected chi connectivity index (χ1v) is 7.90. The first-order chi connectivity index (χ1) is 12.5. The van der Waals surface area contributed by atoms with E-state index in [1.807, 2.05) is 0 Å². The number of rotatable bonds is 6. The van der Waals surface area contributed by atoms with Crippen LogP contribution in [-0.4, -0.2) is 51.1 Å². The Labute approximate surface area is 153 Å². The van der Waals surface area contributed by atoms with Gasteiger partial charge in [-0.15, -0.1) is 0 Å². The summed E-state index contributed by atoms with van der Waals surface area (Å²) in [6, 6.07) is 8.40. The van der Waals surface area contributed by atoms with E-state index in [1.54, 1.807) is 30.3 Å². The maximum absolute atomic E-state index is 13.5. The monoisotopic (exact) mass is 384 g/mol. The van der Waals surface area contributed by atoms with Crippen molar-refractivity contribution >= 4 is 17.5 Å². The molecule has 0 fully saturated rings. The van der Waals surface area contributed by atoms with Gasteiger partial charge in [-0.2, -0.15) is 13.2 Å². The molecule has 27 heavy (non-hydrogen) atoms. The number of amides is 2. The van der Waals surface area contributed by atoms with Gasteiger partial charge in [-0.3, -0.25) is 9.59 Å². The normalized spacial score (nSPS) is 13.7. The number of likely N-dealkylation sites (N-methyl/N-ethyl adjacent to an activating group) is 1. The molecule has 2 rings (SSSR count). The molecule has 146 valence electrons. The number of anilines is 1. The third-order valence-electron chi connectivity index (χ3n) is 3.93. The molecule has 0 spiro atoms. The van der Waals surface area contributed by atoms with Crippen LogP contribution in [0.4, 0.5) is 18.9 Å². The van der Waals surface area contributed by atoms with Crippen LogP contribution in [0.15, 0.2) is 42.7 Å². The van der Waals surface area contributed by atoms with Crippen molar-refractivity contribution in [1.29, 1.82) is 0 Å². The standard InChI is InChI=1S/C17H19F3N4O3/c1-23-9-8-21-15(23)16(27,17(18,19)20)10-14(26)24(2)11-13(25)22-12-6-4-3-5-7-12/h3-9,27H,10-11H2,1-2H3,(H,22,25). The number of para-hydroxylation sites is 1. The molecule has 1 heterocycles. The lowest BCUT2D eigenvalue weighted by molar-refractivity contribution is -0.271. The molecule has 2 N–H and O–H groups in total. The zero-order chi connectivity index (χ0) is 20.2. The van der Waals surface area contributed by atoms with Crippen molar-refractivity contribution in [2.24, 2.45) is 7.05 Å². The highest BCUT2D eigenvalue weighted by atomic mass is 19.4. The molecule has 1 unspecified atom stereocenters. The van der Waals surface area contributed by atoms with Crippen LogP contribution >= 0.6 is 0 Å². The topological polar surface area (TPSA) is 87.5 Å². The molecule has 0 aliphatic carbocycles. The van der Waals surface area contributed by atoms with E-state index in [2.05, 4.69) is 10.3 Å². The number of carbonyl (C=O) groups is 2. The first kappa shape index (κ1) is 20.4. The number of imidazole rings is 1. The van der Waals surface area contributed by atoms with Gasteiger partial charge < -0.3 is 19.9 Å². The molecule has 10 heteroatoms. The molecule has 0 aliphatic heterocycles. The summed E-state index contributed by atoms with van der Waals surface area (Å²) in [5.41, 5.74) is -2.98. The Morgan fingerprint density at radius 2 is 1.89 bits per heavy atom. The predicted molar refractivity (Wildman–Crippen MR) is 90.5 cm³/mol. The van der Waals surface area contributed by atoms with E-state index in [1.165, 1.54) is 20.3 Å². The number of hydrogen-bond donors (Lipinski definition) is 2. The van der Waals surface area contributed by atoms with Gasteiger partial charge in [0, 0.05) is 32.2 Å². The number of aromatic nitrogens is 2.